The van der Waals surface area contributed by atoms with E-state index in [1.54, 1.807) is 24.4 Å². The van der Waals surface area contributed by atoms with E-state index in [9.17, 15) is 4.79 Å². The van der Waals surface area contributed by atoms with Crippen LogP contribution in [0.15, 0.2) is 95.7 Å². The van der Waals surface area contributed by atoms with Gasteiger partial charge >= 0.3 is 0 Å². The number of allylic oxidation sites excluding steroid dienone is 9. The molecule has 0 aromatic heterocycles. The number of hydrogen-bond acceptors (Lipinski definition) is 4. The van der Waals surface area contributed by atoms with Gasteiger partial charge in [0.2, 0.25) is 0 Å². The van der Waals surface area contributed by atoms with Crippen molar-refractivity contribution < 1.29 is 9.53 Å². The molecule has 1 amide bonds. The van der Waals surface area contributed by atoms with Crippen LogP contribution in [0.1, 0.15) is 0 Å². The average Bonchev–Trinajstić information content (AvgIpc) is 2.50. The van der Waals surface area contributed by atoms with E-state index in [1.807, 2.05) is 36.5 Å². The highest BCUT2D eigenvalue weighted by molar-refractivity contribution is 6.42. The van der Waals surface area contributed by atoms with Crippen molar-refractivity contribution in [3.05, 3.63) is 85.7 Å². The lowest BCUT2D eigenvalue weighted by molar-refractivity contribution is -0.111. The third-order valence-corrected chi connectivity index (χ3v) is 2.14. The molecule has 5 heteroatoms. The molecule has 22 heavy (non-hydrogen) atoms. The summed E-state index contributed by atoms with van der Waals surface area (Å²) in [5.41, 5.74) is 5.26. The van der Waals surface area contributed by atoms with Crippen LogP contribution in [0, 0.1) is 0 Å². The van der Waals surface area contributed by atoms with Gasteiger partial charge in [0.1, 0.15) is 5.71 Å². The van der Waals surface area contributed by atoms with Crippen LogP contribution in [0.4, 0.5) is 0 Å². The summed E-state index contributed by atoms with van der Waals surface area (Å²) in [6.45, 7) is 0. The van der Waals surface area contributed by atoms with Crippen LogP contribution in [0.25, 0.3) is 0 Å². The zero-order chi connectivity index (χ0) is 15.9. The largest absolute Gasteiger partial charge is 0.473 e. The zero-order valence-electron chi connectivity index (χ0n) is 11.9. The molecule has 0 fully saturated rings. The fourth-order valence-corrected chi connectivity index (χ4v) is 1.18. The minimum Gasteiger partial charge on any atom is -0.473 e. The maximum absolute atomic E-state index is 11.2. The number of nitrogens with zero attached hydrogens (tertiary/aromatic N) is 2. The molecule has 0 unspecified atom stereocenters. The highest BCUT2D eigenvalue weighted by Crippen LogP contribution is 1.89. The van der Waals surface area contributed by atoms with E-state index in [-0.39, 0.29) is 5.71 Å². The second-order valence-corrected chi connectivity index (χ2v) is 3.78. The molecule has 1 heterocycles. The Balaban J connectivity index is 2.86. The first kappa shape index (κ1) is 16.8. The van der Waals surface area contributed by atoms with Crippen LogP contribution in [0.2, 0.25) is 0 Å². The van der Waals surface area contributed by atoms with Gasteiger partial charge in [-0.1, -0.05) is 42.5 Å². The first-order valence-corrected chi connectivity index (χ1v) is 6.50. The number of rotatable bonds is 1. The van der Waals surface area contributed by atoms with Gasteiger partial charge in [-0.25, -0.2) is 4.99 Å². The second-order valence-electron chi connectivity index (χ2n) is 3.78. The quantitative estimate of drug-likeness (QED) is 0.807. The van der Waals surface area contributed by atoms with Gasteiger partial charge in [-0.2, -0.15) is 0 Å². The lowest BCUT2D eigenvalue weighted by Gasteiger charge is -1.92. The minimum atomic E-state index is -0.654. The average molecular weight is 295 g/mol. The summed E-state index contributed by atoms with van der Waals surface area (Å²) in [4.78, 5) is 19.0. The van der Waals surface area contributed by atoms with E-state index < -0.39 is 5.91 Å². The maximum Gasteiger partial charge on any atom is 0.267 e. The number of aliphatic imine (C=N–C) groups is 2. The third-order valence-electron chi connectivity index (χ3n) is 2.14. The fraction of sp³-hybridized carbons (Fsp3) is 0. The molecular formula is C17H17N3O2. The molecule has 0 spiro atoms. The molecule has 0 radical (unpaired) electrons. The SMILES string of the molecule is NC(=O)C1=N/C=C\N=C/C=C\C=C/C=C\C=C/C=C\O/C=C\1. The summed E-state index contributed by atoms with van der Waals surface area (Å²) in [6, 6.07) is 0. The lowest BCUT2D eigenvalue weighted by atomic mass is 10.3. The molecule has 0 bridgehead atoms. The monoisotopic (exact) mass is 295 g/mol. The van der Waals surface area contributed by atoms with Crippen LogP contribution in [0.3, 0.4) is 0 Å². The summed E-state index contributed by atoms with van der Waals surface area (Å²) < 4.78 is 5.08. The number of ether oxygens (including phenoxy) is 1. The molecule has 0 saturated heterocycles. The number of amides is 1. The predicted octanol–water partition coefficient (Wildman–Crippen LogP) is 2.74. The lowest BCUT2D eigenvalue weighted by Crippen LogP contribution is -2.21. The fourth-order valence-electron chi connectivity index (χ4n) is 1.18. The molecule has 1 aliphatic heterocycles. The standard InChI is InChI=1S/C17H17N3O2/c18-17(21)16-10-15-22-14-9-7-5-3-1-2-4-6-8-11-19-12-13-20-16/h1-15H,(H2,18,21)/b3-1-,4-2-,7-5-,8-6-,13-12-,14-9-,15-10-,19-11-,20-16+. The maximum atomic E-state index is 11.2. The normalized spacial score (nSPS) is 29.7. The highest BCUT2D eigenvalue weighted by atomic mass is 16.5. The Morgan fingerprint density at radius 1 is 0.864 bits per heavy atom. The van der Waals surface area contributed by atoms with Crippen molar-refractivity contribution in [2.24, 2.45) is 15.7 Å². The number of carbonyl (C=O) groups excluding carboxylic acids is 1. The molecule has 2 N–H and O–H groups in total. The van der Waals surface area contributed by atoms with Gasteiger partial charge in [-0.15, -0.1) is 0 Å². The van der Waals surface area contributed by atoms with E-state index >= 15 is 0 Å². The molecule has 0 aliphatic carbocycles. The third kappa shape index (κ3) is 8.82. The smallest absolute Gasteiger partial charge is 0.267 e. The molecule has 112 valence electrons. The van der Waals surface area contributed by atoms with Gasteiger partial charge in [0.25, 0.3) is 5.91 Å². The van der Waals surface area contributed by atoms with E-state index in [2.05, 4.69) is 9.98 Å². The van der Waals surface area contributed by atoms with Gasteiger partial charge < -0.3 is 10.5 Å². The van der Waals surface area contributed by atoms with Crippen molar-refractivity contribution in [3.63, 3.8) is 0 Å². The number of primary amides is 1. The molecule has 0 saturated carbocycles. The van der Waals surface area contributed by atoms with E-state index in [4.69, 9.17) is 10.5 Å². The molecule has 1 aliphatic rings. The first-order valence-electron chi connectivity index (χ1n) is 6.50. The highest BCUT2D eigenvalue weighted by Gasteiger charge is 2.00. The Hall–Kier alpha value is -3.21. The second kappa shape index (κ2) is 11.6. The van der Waals surface area contributed by atoms with Gasteiger partial charge in [-0.3, -0.25) is 9.79 Å². The Kier molecular flexibility index (Phi) is 8.88. The first-order chi connectivity index (χ1) is 10.8. The Morgan fingerprint density at radius 3 is 2.18 bits per heavy atom. The number of carbonyl (C=O) groups is 1. The molecule has 0 atom stereocenters. The molecular weight excluding hydrogens is 278 g/mol. The van der Waals surface area contributed by atoms with Crippen molar-refractivity contribution in [3.8, 4) is 0 Å². The van der Waals surface area contributed by atoms with Crippen molar-refractivity contribution >= 4 is 17.8 Å². The van der Waals surface area contributed by atoms with Gasteiger partial charge in [0, 0.05) is 24.7 Å². The predicted molar refractivity (Wildman–Crippen MR) is 90.2 cm³/mol. The minimum absolute atomic E-state index is 0.0646. The van der Waals surface area contributed by atoms with Gasteiger partial charge in [0.05, 0.1) is 12.5 Å². The Morgan fingerprint density at radius 2 is 1.50 bits per heavy atom. The summed E-state index contributed by atoms with van der Waals surface area (Å²) in [6.07, 6.45) is 25.1. The van der Waals surface area contributed by atoms with E-state index in [0.29, 0.717) is 0 Å². The van der Waals surface area contributed by atoms with Gasteiger partial charge in [0.15, 0.2) is 0 Å². The van der Waals surface area contributed by atoms with E-state index in [1.165, 1.54) is 31.0 Å². The summed E-state index contributed by atoms with van der Waals surface area (Å²) in [5.74, 6) is -0.654. The molecule has 1 rings (SSSR count). The summed E-state index contributed by atoms with van der Waals surface area (Å²) in [5, 5.41) is 0. The Bertz CT molecular complexity index is 616. The van der Waals surface area contributed by atoms with Crippen molar-refractivity contribution in [1.82, 2.24) is 0 Å². The molecule has 5 nitrogen and oxygen atoms in total. The molecule has 0 aromatic carbocycles. The van der Waals surface area contributed by atoms with Crippen LogP contribution < -0.4 is 5.73 Å². The van der Waals surface area contributed by atoms with Crippen molar-refractivity contribution in [2.75, 3.05) is 0 Å². The van der Waals surface area contributed by atoms with Crippen LogP contribution in [-0.2, 0) is 9.53 Å². The molecule has 0 aromatic rings. The van der Waals surface area contributed by atoms with Gasteiger partial charge in [-0.05, 0) is 12.2 Å². The van der Waals surface area contributed by atoms with Crippen LogP contribution >= 0.6 is 0 Å². The topological polar surface area (TPSA) is 77.0 Å². The van der Waals surface area contributed by atoms with Crippen LogP contribution in [0.5, 0.6) is 0 Å². The van der Waals surface area contributed by atoms with Crippen LogP contribution in [-0.4, -0.2) is 17.8 Å². The number of nitrogens with two attached hydrogens (primary N) is 1. The van der Waals surface area contributed by atoms with Crippen molar-refractivity contribution in [1.29, 1.82) is 0 Å². The van der Waals surface area contributed by atoms with E-state index in [0.717, 1.165) is 0 Å². The Labute approximate surface area is 129 Å². The van der Waals surface area contributed by atoms with Crippen molar-refractivity contribution in [2.45, 2.75) is 0 Å². The summed E-state index contributed by atoms with van der Waals surface area (Å²) >= 11 is 0. The number of hydrogen-bond donors (Lipinski definition) is 1. The zero-order valence-corrected chi connectivity index (χ0v) is 11.9. The summed E-state index contributed by atoms with van der Waals surface area (Å²) in [7, 11) is 0.